The quantitative estimate of drug-likeness (QED) is 0.678. The molecule has 4 nitrogen and oxygen atoms in total. The molecule has 24 heavy (non-hydrogen) atoms. The second-order valence-corrected chi connectivity index (χ2v) is 7.07. The van der Waals surface area contributed by atoms with Crippen LogP contribution < -0.4 is 5.32 Å². The van der Waals surface area contributed by atoms with Crippen LogP contribution in [-0.2, 0) is 4.79 Å². The van der Waals surface area contributed by atoms with Crippen molar-refractivity contribution >= 4 is 69.4 Å². The minimum atomic E-state index is -0.270. The number of hydrogen-bond donors (Lipinski definition) is 2. The minimum Gasteiger partial charge on any atom is -0.505 e. The Morgan fingerprint density at radius 2 is 1.71 bits per heavy atom. The second kappa shape index (κ2) is 7.07. The normalized spacial score (nSPS) is 17.5. The zero-order valence-corrected chi connectivity index (χ0v) is 15.0. The van der Waals surface area contributed by atoms with Gasteiger partial charge in [-0.15, -0.1) is 0 Å². The number of rotatable bonds is 2. The van der Waals surface area contributed by atoms with Gasteiger partial charge in [-0.1, -0.05) is 34.8 Å². The third kappa shape index (κ3) is 3.87. The molecule has 0 bridgehead atoms. The number of nitrogens with one attached hydrogen (secondary N) is 1. The van der Waals surface area contributed by atoms with Gasteiger partial charge in [-0.25, -0.2) is 4.99 Å². The van der Waals surface area contributed by atoms with E-state index >= 15 is 0 Å². The molecule has 3 rings (SSSR count). The fourth-order valence-electron chi connectivity index (χ4n) is 1.93. The van der Waals surface area contributed by atoms with E-state index in [0.717, 1.165) is 0 Å². The van der Waals surface area contributed by atoms with E-state index in [9.17, 15) is 9.90 Å². The smallest absolute Gasteiger partial charge is 0.264 e. The van der Waals surface area contributed by atoms with Gasteiger partial charge in [-0.05, 0) is 59.8 Å². The van der Waals surface area contributed by atoms with Gasteiger partial charge in [0.25, 0.3) is 5.91 Å². The molecule has 122 valence electrons. The van der Waals surface area contributed by atoms with E-state index in [2.05, 4.69) is 10.3 Å². The molecule has 0 spiro atoms. The molecule has 1 amide bonds. The van der Waals surface area contributed by atoms with Gasteiger partial charge in [0.1, 0.15) is 0 Å². The maximum absolute atomic E-state index is 12.1. The van der Waals surface area contributed by atoms with Crippen molar-refractivity contribution < 1.29 is 9.90 Å². The van der Waals surface area contributed by atoms with E-state index in [-0.39, 0.29) is 21.7 Å². The van der Waals surface area contributed by atoms with E-state index in [1.807, 2.05) is 0 Å². The van der Waals surface area contributed by atoms with Crippen LogP contribution in [0.25, 0.3) is 6.08 Å². The third-order valence-electron chi connectivity index (χ3n) is 3.05. The molecule has 1 saturated heterocycles. The van der Waals surface area contributed by atoms with Gasteiger partial charge in [0.2, 0.25) is 0 Å². The van der Waals surface area contributed by atoms with Gasteiger partial charge in [0.15, 0.2) is 10.9 Å². The predicted molar refractivity (Wildman–Crippen MR) is 100 cm³/mol. The van der Waals surface area contributed by atoms with Gasteiger partial charge in [0, 0.05) is 5.02 Å². The number of thioether (sulfide) groups is 1. The summed E-state index contributed by atoms with van der Waals surface area (Å²) in [6, 6.07) is 10.0. The number of amides is 1. The number of phenolic OH excluding ortho intramolecular Hbond substituents is 1. The van der Waals surface area contributed by atoms with E-state index < -0.39 is 0 Å². The number of carbonyl (C=O) groups excluding carboxylic acids is 1. The Kier molecular flexibility index (Phi) is 5.06. The Hall–Kier alpha value is -1.66. The molecule has 1 aliphatic heterocycles. The lowest BCUT2D eigenvalue weighted by Gasteiger charge is -2.02. The largest absolute Gasteiger partial charge is 0.505 e. The van der Waals surface area contributed by atoms with E-state index in [1.54, 1.807) is 30.3 Å². The molecule has 0 atom stereocenters. The first-order chi connectivity index (χ1) is 11.4. The summed E-state index contributed by atoms with van der Waals surface area (Å²) in [5.41, 5.74) is 1.28. The lowest BCUT2D eigenvalue weighted by molar-refractivity contribution is -0.115. The number of aliphatic imine (C=N–C) groups is 1. The average molecular weight is 400 g/mol. The van der Waals surface area contributed by atoms with Crippen LogP contribution in [0.1, 0.15) is 5.56 Å². The molecular formula is C16H9Cl3N2O2S. The van der Waals surface area contributed by atoms with Crippen LogP contribution in [0.15, 0.2) is 46.3 Å². The van der Waals surface area contributed by atoms with Gasteiger partial charge in [-0.3, -0.25) is 4.79 Å². The van der Waals surface area contributed by atoms with Crippen molar-refractivity contribution in [2.75, 3.05) is 0 Å². The summed E-state index contributed by atoms with van der Waals surface area (Å²) < 4.78 is 0. The summed E-state index contributed by atoms with van der Waals surface area (Å²) in [6.07, 6.45) is 1.63. The Balaban J connectivity index is 1.86. The van der Waals surface area contributed by atoms with E-state index in [1.165, 1.54) is 23.9 Å². The maximum Gasteiger partial charge on any atom is 0.264 e. The molecule has 0 unspecified atom stereocenters. The van der Waals surface area contributed by atoms with Crippen LogP contribution >= 0.6 is 46.6 Å². The summed E-state index contributed by atoms with van der Waals surface area (Å²) in [5, 5.41) is 13.6. The lowest BCUT2D eigenvalue weighted by Crippen LogP contribution is -2.19. The molecule has 2 aromatic rings. The number of amidine groups is 1. The fraction of sp³-hybridized carbons (Fsp3) is 0. The number of benzene rings is 2. The molecule has 2 aromatic carbocycles. The van der Waals surface area contributed by atoms with Crippen molar-refractivity contribution in [3.05, 3.63) is 61.9 Å². The molecule has 0 radical (unpaired) electrons. The van der Waals surface area contributed by atoms with Crippen LogP contribution in [0.2, 0.25) is 15.1 Å². The topological polar surface area (TPSA) is 61.7 Å². The highest BCUT2D eigenvalue weighted by molar-refractivity contribution is 8.18. The Morgan fingerprint density at radius 1 is 1.08 bits per heavy atom. The molecule has 8 heteroatoms. The molecule has 0 aromatic heterocycles. The van der Waals surface area contributed by atoms with Crippen molar-refractivity contribution in [2.45, 2.75) is 0 Å². The van der Waals surface area contributed by atoms with Crippen molar-refractivity contribution in [1.82, 2.24) is 5.32 Å². The Labute approximate surface area is 157 Å². The first-order valence-corrected chi connectivity index (χ1v) is 8.60. The zero-order valence-electron chi connectivity index (χ0n) is 11.9. The number of phenols is 1. The number of halogens is 3. The Bertz CT molecular complexity index is 856. The molecule has 1 heterocycles. The standard InChI is InChI=1S/C16H9Cl3N2O2S/c17-9-1-3-10(4-2-9)20-16-21-15(23)13(24-16)7-8-5-11(18)14(22)12(19)6-8/h1-7,22H,(H,20,21,23)/b13-7-. The highest BCUT2D eigenvalue weighted by Gasteiger charge is 2.24. The number of nitrogens with zero attached hydrogens (tertiary/aromatic N) is 1. The Morgan fingerprint density at radius 3 is 2.33 bits per heavy atom. The molecule has 1 fully saturated rings. The van der Waals surface area contributed by atoms with Crippen molar-refractivity contribution in [3.8, 4) is 5.75 Å². The highest BCUT2D eigenvalue weighted by Crippen LogP contribution is 2.35. The second-order valence-electron chi connectivity index (χ2n) is 4.79. The van der Waals surface area contributed by atoms with Gasteiger partial charge in [0.05, 0.1) is 20.6 Å². The highest BCUT2D eigenvalue weighted by atomic mass is 35.5. The monoisotopic (exact) mass is 398 g/mol. The van der Waals surface area contributed by atoms with Crippen molar-refractivity contribution in [2.24, 2.45) is 4.99 Å². The van der Waals surface area contributed by atoms with Crippen LogP contribution in [0.5, 0.6) is 5.75 Å². The van der Waals surface area contributed by atoms with Crippen LogP contribution in [0, 0.1) is 0 Å². The van der Waals surface area contributed by atoms with E-state index in [0.29, 0.717) is 26.3 Å². The van der Waals surface area contributed by atoms with Gasteiger partial charge >= 0.3 is 0 Å². The maximum atomic E-state index is 12.1. The lowest BCUT2D eigenvalue weighted by atomic mass is 10.2. The van der Waals surface area contributed by atoms with Gasteiger partial charge in [-0.2, -0.15) is 0 Å². The molecular weight excluding hydrogens is 391 g/mol. The van der Waals surface area contributed by atoms with Crippen molar-refractivity contribution in [3.63, 3.8) is 0 Å². The number of aromatic hydroxyl groups is 1. The first-order valence-electron chi connectivity index (χ1n) is 6.65. The number of hydrogen-bond acceptors (Lipinski definition) is 4. The SMILES string of the molecule is O=C1NC(=Nc2ccc(Cl)cc2)S/C1=C\c1cc(Cl)c(O)c(Cl)c1. The van der Waals surface area contributed by atoms with Gasteiger partial charge < -0.3 is 10.4 Å². The predicted octanol–water partition coefficient (Wildman–Crippen LogP) is 5.24. The fourth-order valence-corrected chi connectivity index (χ4v) is 3.40. The minimum absolute atomic E-state index is 0.118. The molecule has 1 aliphatic rings. The summed E-state index contributed by atoms with van der Waals surface area (Å²) in [7, 11) is 0. The number of carbonyl (C=O) groups is 1. The van der Waals surface area contributed by atoms with E-state index in [4.69, 9.17) is 34.8 Å². The van der Waals surface area contributed by atoms with Crippen molar-refractivity contribution in [1.29, 1.82) is 0 Å². The summed E-state index contributed by atoms with van der Waals surface area (Å²) in [5.74, 6) is -0.456. The first kappa shape index (κ1) is 17.2. The molecule has 2 N–H and O–H groups in total. The average Bonchev–Trinajstić information content (AvgIpc) is 2.87. The summed E-state index contributed by atoms with van der Waals surface area (Å²) in [6.45, 7) is 0. The van der Waals surface area contributed by atoms with Crippen LogP contribution in [0.4, 0.5) is 5.69 Å². The summed E-state index contributed by atoms with van der Waals surface area (Å²) in [4.78, 5) is 16.8. The van der Waals surface area contributed by atoms with Crippen LogP contribution in [0.3, 0.4) is 0 Å². The molecule has 0 saturated carbocycles. The zero-order chi connectivity index (χ0) is 17.3. The molecule has 0 aliphatic carbocycles. The van der Waals surface area contributed by atoms with Crippen LogP contribution in [-0.4, -0.2) is 16.2 Å². The third-order valence-corrected chi connectivity index (χ3v) is 4.78. The summed E-state index contributed by atoms with van der Waals surface area (Å²) >= 11 is 18.8.